The van der Waals surface area contributed by atoms with Gasteiger partial charge in [0, 0.05) is 15.5 Å². The number of hydrogen-bond donors (Lipinski definition) is 1. The number of benzene rings is 1. The lowest BCUT2D eigenvalue weighted by Gasteiger charge is -2.14. The van der Waals surface area contributed by atoms with E-state index in [0.29, 0.717) is 5.69 Å². The second-order valence-corrected chi connectivity index (χ2v) is 6.97. The molecule has 8 heteroatoms. The molecule has 0 bridgehead atoms. The Balaban J connectivity index is 1.81. The van der Waals surface area contributed by atoms with E-state index in [4.69, 9.17) is 4.74 Å². The van der Waals surface area contributed by atoms with Crippen LogP contribution in [0, 0.1) is 6.92 Å². The molecule has 2 aromatic rings. The number of carbonyl (C=O) groups is 2. The second kappa shape index (κ2) is 8.25. The highest BCUT2D eigenvalue weighted by atomic mass is 79.9. The topological polar surface area (TPSA) is 77.4 Å². The van der Waals surface area contributed by atoms with E-state index in [1.54, 1.807) is 12.3 Å². The number of amides is 1. The van der Waals surface area contributed by atoms with Crippen molar-refractivity contribution in [1.29, 1.82) is 0 Å². The third-order valence-electron chi connectivity index (χ3n) is 3.38. The average molecular weight is 413 g/mol. The van der Waals surface area contributed by atoms with Gasteiger partial charge in [0.15, 0.2) is 6.61 Å². The van der Waals surface area contributed by atoms with Crippen molar-refractivity contribution in [2.24, 2.45) is 0 Å². The number of thiazole rings is 1. The fraction of sp³-hybridized carbons (Fsp3) is 0.312. The molecule has 0 aliphatic carbocycles. The molecule has 1 heterocycles. The van der Waals surface area contributed by atoms with Crippen LogP contribution >= 0.6 is 27.3 Å². The third-order valence-corrected chi connectivity index (χ3v) is 4.79. The van der Waals surface area contributed by atoms with E-state index in [1.165, 1.54) is 4.57 Å². The van der Waals surface area contributed by atoms with Crippen molar-refractivity contribution in [3.63, 3.8) is 0 Å². The van der Waals surface area contributed by atoms with E-state index in [9.17, 15) is 14.4 Å². The van der Waals surface area contributed by atoms with Gasteiger partial charge >= 0.3 is 10.8 Å². The smallest absolute Gasteiger partial charge is 0.326 e. The van der Waals surface area contributed by atoms with E-state index in [1.807, 2.05) is 31.2 Å². The Morgan fingerprint density at radius 1 is 1.33 bits per heavy atom. The molecule has 128 valence electrons. The summed E-state index contributed by atoms with van der Waals surface area (Å²) in [6.45, 7) is 3.01. The maximum Gasteiger partial charge on any atom is 0.326 e. The summed E-state index contributed by atoms with van der Waals surface area (Å²) >= 11 is 4.37. The van der Waals surface area contributed by atoms with Crippen molar-refractivity contribution >= 4 is 39.1 Å². The fourth-order valence-electron chi connectivity index (χ4n) is 2.03. The molecule has 6 nitrogen and oxygen atoms in total. The van der Waals surface area contributed by atoms with E-state index < -0.39 is 11.9 Å². The molecule has 1 N–H and O–H groups in total. The van der Waals surface area contributed by atoms with Gasteiger partial charge in [-0.1, -0.05) is 39.4 Å². The normalized spacial score (nSPS) is 11.8. The molecule has 1 aromatic heterocycles. The number of nitrogens with one attached hydrogen (secondary N) is 1. The zero-order chi connectivity index (χ0) is 17.7. The Bertz CT molecular complexity index is 782. The lowest BCUT2D eigenvalue weighted by atomic mass is 10.1. The summed E-state index contributed by atoms with van der Waals surface area (Å²) in [6, 6.07) is 7.36. The number of carbonyl (C=O) groups excluding carboxylic acids is 2. The summed E-state index contributed by atoms with van der Waals surface area (Å²) in [7, 11) is 0. The number of ether oxygens (including phenoxy) is 1. The first kappa shape index (κ1) is 18.4. The van der Waals surface area contributed by atoms with Crippen molar-refractivity contribution < 1.29 is 14.3 Å². The quantitative estimate of drug-likeness (QED) is 0.738. The van der Waals surface area contributed by atoms with E-state index >= 15 is 0 Å². The van der Waals surface area contributed by atoms with Crippen LogP contribution in [0.3, 0.4) is 0 Å². The Hall–Kier alpha value is -1.93. The molecule has 0 saturated heterocycles. The number of rotatable bonds is 6. The SMILES string of the molecule is Cc1csc(=O)n1CC(=O)OCC(=O)N[C@H](C)c1ccc(Br)cc1. The van der Waals surface area contributed by atoms with Gasteiger partial charge in [-0.3, -0.25) is 19.0 Å². The summed E-state index contributed by atoms with van der Waals surface area (Å²) in [5.74, 6) is -1.02. The highest BCUT2D eigenvalue weighted by Crippen LogP contribution is 2.16. The van der Waals surface area contributed by atoms with Crippen molar-refractivity contribution in [3.05, 3.63) is 55.0 Å². The minimum absolute atomic E-state index is 0.191. The summed E-state index contributed by atoms with van der Waals surface area (Å²) in [5.41, 5.74) is 1.63. The third kappa shape index (κ3) is 5.04. The monoisotopic (exact) mass is 412 g/mol. The molecule has 0 fully saturated rings. The number of aryl methyl sites for hydroxylation is 1. The Labute approximate surface area is 151 Å². The average Bonchev–Trinajstić information content (AvgIpc) is 2.85. The predicted octanol–water partition coefficient (Wildman–Crippen LogP) is 2.40. The Morgan fingerprint density at radius 3 is 2.58 bits per heavy atom. The van der Waals surface area contributed by atoms with Gasteiger partial charge in [-0.15, -0.1) is 0 Å². The van der Waals surface area contributed by atoms with Gasteiger partial charge in [0.1, 0.15) is 6.54 Å². The highest BCUT2D eigenvalue weighted by Gasteiger charge is 2.13. The molecule has 0 spiro atoms. The molecule has 0 aliphatic rings. The van der Waals surface area contributed by atoms with Crippen molar-refractivity contribution in [2.45, 2.75) is 26.4 Å². The highest BCUT2D eigenvalue weighted by molar-refractivity contribution is 9.10. The number of halogens is 1. The Morgan fingerprint density at radius 2 is 2.00 bits per heavy atom. The van der Waals surface area contributed by atoms with E-state index in [0.717, 1.165) is 21.4 Å². The van der Waals surface area contributed by atoms with Crippen LogP contribution in [0.4, 0.5) is 0 Å². The van der Waals surface area contributed by atoms with Crippen LogP contribution in [0.2, 0.25) is 0 Å². The molecule has 1 aromatic carbocycles. The van der Waals surface area contributed by atoms with Gasteiger partial charge < -0.3 is 10.1 Å². The van der Waals surface area contributed by atoms with E-state index in [-0.39, 0.29) is 24.1 Å². The summed E-state index contributed by atoms with van der Waals surface area (Å²) < 4.78 is 7.20. The predicted molar refractivity (Wildman–Crippen MR) is 95.0 cm³/mol. The summed E-state index contributed by atoms with van der Waals surface area (Å²) in [4.78, 5) is 34.9. The van der Waals surface area contributed by atoms with Crippen LogP contribution in [-0.4, -0.2) is 23.1 Å². The standard InChI is InChI=1S/C16H17BrN2O4S/c1-10-9-24-16(22)19(10)7-15(21)23-8-14(20)18-11(2)12-3-5-13(17)6-4-12/h3-6,9,11H,7-8H2,1-2H3,(H,18,20)/t11-/m1/s1. The molecule has 0 radical (unpaired) electrons. The van der Waals surface area contributed by atoms with E-state index in [2.05, 4.69) is 21.2 Å². The van der Waals surface area contributed by atoms with Crippen LogP contribution in [0.25, 0.3) is 0 Å². The summed E-state index contributed by atoms with van der Waals surface area (Å²) in [5, 5.41) is 4.42. The zero-order valence-electron chi connectivity index (χ0n) is 13.2. The van der Waals surface area contributed by atoms with Gasteiger partial charge in [0.2, 0.25) is 0 Å². The largest absolute Gasteiger partial charge is 0.454 e. The van der Waals surface area contributed by atoms with Crippen molar-refractivity contribution in [2.75, 3.05) is 6.61 Å². The zero-order valence-corrected chi connectivity index (χ0v) is 15.6. The number of hydrogen-bond acceptors (Lipinski definition) is 5. The minimum atomic E-state index is -0.620. The molecular weight excluding hydrogens is 396 g/mol. The molecule has 2 rings (SSSR count). The van der Waals surface area contributed by atoms with Crippen LogP contribution in [0.5, 0.6) is 0 Å². The van der Waals surface area contributed by atoms with Gasteiger partial charge in [-0.2, -0.15) is 0 Å². The minimum Gasteiger partial charge on any atom is -0.454 e. The fourth-order valence-corrected chi connectivity index (χ4v) is 3.03. The molecule has 1 amide bonds. The number of esters is 1. The van der Waals surface area contributed by atoms with Gasteiger partial charge in [0.05, 0.1) is 6.04 Å². The molecule has 0 aliphatic heterocycles. The lowest BCUT2D eigenvalue weighted by Crippen LogP contribution is -2.32. The first-order valence-electron chi connectivity index (χ1n) is 7.22. The van der Waals surface area contributed by atoms with Crippen LogP contribution in [0.1, 0.15) is 24.2 Å². The first-order valence-corrected chi connectivity index (χ1v) is 8.89. The maximum atomic E-state index is 11.9. The maximum absolute atomic E-state index is 11.9. The van der Waals surface area contributed by atoms with Crippen LogP contribution in [-0.2, 0) is 20.9 Å². The second-order valence-electron chi connectivity index (χ2n) is 5.23. The van der Waals surface area contributed by atoms with Gasteiger partial charge in [-0.25, -0.2) is 0 Å². The molecule has 0 unspecified atom stereocenters. The lowest BCUT2D eigenvalue weighted by molar-refractivity contribution is -0.149. The number of nitrogens with zero attached hydrogens (tertiary/aromatic N) is 1. The molecule has 0 saturated carbocycles. The van der Waals surface area contributed by atoms with Gasteiger partial charge in [-0.05, 0) is 31.5 Å². The van der Waals surface area contributed by atoms with Crippen LogP contribution < -0.4 is 10.2 Å². The first-order chi connectivity index (χ1) is 11.4. The summed E-state index contributed by atoms with van der Waals surface area (Å²) in [6.07, 6.45) is 0. The molecule has 24 heavy (non-hydrogen) atoms. The van der Waals surface area contributed by atoms with Crippen molar-refractivity contribution in [1.82, 2.24) is 9.88 Å². The molecular formula is C16H17BrN2O4S. The van der Waals surface area contributed by atoms with Crippen molar-refractivity contribution in [3.8, 4) is 0 Å². The number of aromatic nitrogens is 1. The molecule has 1 atom stereocenters. The van der Waals surface area contributed by atoms with Gasteiger partial charge in [0.25, 0.3) is 5.91 Å². The Kier molecular flexibility index (Phi) is 6.33. The van der Waals surface area contributed by atoms with Crippen LogP contribution in [0.15, 0.2) is 38.9 Å².